The standard InChI is InChI=1S/C27H27NO5/c1-15-11-25(31-3)28-16(2)27(15)22-6-4-5-21-20(22)9-10-23(21)33-18-7-8-19-17(12-26(29)30)14-32-24(19)13-18/h4-8,11,13,17,23H,9-10,12,14H2,1-3H3,(H,29,30). The van der Waals surface area contributed by atoms with Crippen molar-refractivity contribution in [1.82, 2.24) is 4.98 Å². The minimum absolute atomic E-state index is 0.0407. The van der Waals surface area contributed by atoms with Gasteiger partial charge in [0, 0.05) is 34.9 Å². The number of methoxy groups -OCH3 is 1. The van der Waals surface area contributed by atoms with Crippen molar-refractivity contribution in [2.24, 2.45) is 0 Å². The number of ether oxygens (including phenoxy) is 3. The van der Waals surface area contributed by atoms with Crippen molar-refractivity contribution in [1.29, 1.82) is 0 Å². The lowest BCUT2D eigenvalue weighted by Crippen LogP contribution is -2.07. The van der Waals surface area contributed by atoms with Crippen molar-refractivity contribution in [2.75, 3.05) is 13.7 Å². The highest BCUT2D eigenvalue weighted by Gasteiger charge is 2.30. The molecule has 0 saturated carbocycles. The number of aryl methyl sites for hydroxylation is 2. The summed E-state index contributed by atoms with van der Waals surface area (Å²) in [5, 5.41) is 9.11. The van der Waals surface area contributed by atoms with Crippen LogP contribution in [0.1, 0.15) is 52.8 Å². The van der Waals surface area contributed by atoms with E-state index in [9.17, 15) is 4.79 Å². The van der Waals surface area contributed by atoms with Gasteiger partial charge in [0.1, 0.15) is 17.6 Å². The molecular weight excluding hydrogens is 418 g/mol. The molecule has 2 aromatic carbocycles. The van der Waals surface area contributed by atoms with E-state index < -0.39 is 5.97 Å². The summed E-state index contributed by atoms with van der Waals surface area (Å²) in [6.07, 6.45) is 1.86. The number of pyridine rings is 1. The van der Waals surface area contributed by atoms with Crippen LogP contribution in [0, 0.1) is 13.8 Å². The molecule has 6 nitrogen and oxygen atoms in total. The highest BCUT2D eigenvalue weighted by Crippen LogP contribution is 2.43. The van der Waals surface area contributed by atoms with Gasteiger partial charge in [-0.1, -0.05) is 24.3 Å². The predicted octanol–water partition coefficient (Wildman–Crippen LogP) is 5.39. The SMILES string of the molecule is COc1cc(C)c(-c2cccc3c2CCC3Oc2ccc3c(c2)OCC3CC(=O)O)c(C)n1. The molecule has 2 unspecified atom stereocenters. The Morgan fingerprint density at radius 1 is 1.18 bits per heavy atom. The van der Waals surface area contributed by atoms with Gasteiger partial charge in [0.25, 0.3) is 0 Å². The molecule has 1 aliphatic carbocycles. The number of aromatic nitrogens is 1. The van der Waals surface area contributed by atoms with E-state index in [1.807, 2.05) is 31.2 Å². The third kappa shape index (κ3) is 3.90. The van der Waals surface area contributed by atoms with Crippen molar-refractivity contribution < 1.29 is 24.1 Å². The molecule has 33 heavy (non-hydrogen) atoms. The fourth-order valence-corrected chi connectivity index (χ4v) is 5.16. The van der Waals surface area contributed by atoms with Crippen LogP contribution >= 0.6 is 0 Å². The molecule has 2 heterocycles. The normalized spacial score (nSPS) is 18.4. The second-order valence-corrected chi connectivity index (χ2v) is 8.77. The van der Waals surface area contributed by atoms with E-state index in [1.165, 1.54) is 16.7 Å². The molecule has 6 heteroatoms. The number of hydrogen-bond donors (Lipinski definition) is 1. The molecule has 0 saturated heterocycles. The molecule has 0 fully saturated rings. The van der Waals surface area contributed by atoms with E-state index in [4.69, 9.17) is 19.3 Å². The maximum Gasteiger partial charge on any atom is 0.304 e. The highest BCUT2D eigenvalue weighted by atomic mass is 16.5. The summed E-state index contributed by atoms with van der Waals surface area (Å²) in [7, 11) is 1.64. The summed E-state index contributed by atoms with van der Waals surface area (Å²) in [6.45, 7) is 4.52. The Morgan fingerprint density at radius 2 is 2.03 bits per heavy atom. The van der Waals surface area contributed by atoms with Crippen molar-refractivity contribution in [3.63, 3.8) is 0 Å². The predicted molar refractivity (Wildman–Crippen MR) is 124 cm³/mol. The van der Waals surface area contributed by atoms with Crippen molar-refractivity contribution in [3.8, 4) is 28.5 Å². The Labute approximate surface area is 193 Å². The molecule has 0 bridgehead atoms. The van der Waals surface area contributed by atoms with Gasteiger partial charge in [-0.15, -0.1) is 0 Å². The van der Waals surface area contributed by atoms with E-state index in [1.54, 1.807) is 7.11 Å². The fraction of sp³-hybridized carbons (Fsp3) is 0.333. The van der Waals surface area contributed by atoms with Gasteiger partial charge in [0.2, 0.25) is 5.88 Å². The van der Waals surface area contributed by atoms with Gasteiger partial charge in [-0.05, 0) is 55.0 Å². The molecule has 3 aromatic rings. The van der Waals surface area contributed by atoms with Crippen LogP contribution in [0.15, 0.2) is 42.5 Å². The molecule has 0 radical (unpaired) electrons. The molecular formula is C27H27NO5. The molecule has 0 spiro atoms. The third-order valence-corrected chi connectivity index (χ3v) is 6.63. The first kappa shape index (κ1) is 21.3. The summed E-state index contributed by atoms with van der Waals surface area (Å²) >= 11 is 0. The molecule has 170 valence electrons. The number of fused-ring (bicyclic) bond motifs is 2. The first-order chi connectivity index (χ1) is 15.9. The topological polar surface area (TPSA) is 77.9 Å². The van der Waals surface area contributed by atoms with Gasteiger partial charge in [0.05, 0.1) is 20.1 Å². The zero-order valence-corrected chi connectivity index (χ0v) is 19.1. The maximum absolute atomic E-state index is 11.1. The lowest BCUT2D eigenvalue weighted by Gasteiger charge is -2.18. The van der Waals surface area contributed by atoms with E-state index >= 15 is 0 Å². The Morgan fingerprint density at radius 3 is 2.79 bits per heavy atom. The van der Waals surface area contributed by atoms with Crippen molar-refractivity contribution >= 4 is 5.97 Å². The fourth-order valence-electron chi connectivity index (χ4n) is 5.16. The van der Waals surface area contributed by atoms with Crippen LogP contribution in [-0.2, 0) is 11.2 Å². The summed E-state index contributed by atoms with van der Waals surface area (Å²) in [5.41, 5.74) is 7.91. The van der Waals surface area contributed by atoms with E-state index in [2.05, 4.69) is 30.1 Å². The molecule has 1 N–H and O–H groups in total. The maximum atomic E-state index is 11.1. The Bertz CT molecular complexity index is 1210. The Balaban J connectivity index is 1.42. The smallest absolute Gasteiger partial charge is 0.304 e. The second-order valence-electron chi connectivity index (χ2n) is 8.77. The highest BCUT2D eigenvalue weighted by molar-refractivity contribution is 5.75. The van der Waals surface area contributed by atoms with Crippen LogP contribution in [0.25, 0.3) is 11.1 Å². The van der Waals surface area contributed by atoms with Gasteiger partial charge in [-0.3, -0.25) is 4.79 Å². The summed E-state index contributed by atoms with van der Waals surface area (Å²) in [5.74, 6) is 1.18. The van der Waals surface area contributed by atoms with Gasteiger partial charge >= 0.3 is 5.97 Å². The molecule has 0 amide bonds. The van der Waals surface area contributed by atoms with E-state index in [-0.39, 0.29) is 18.4 Å². The number of nitrogens with zero attached hydrogens (tertiary/aromatic N) is 1. The van der Waals surface area contributed by atoms with Crippen molar-refractivity contribution in [2.45, 2.75) is 45.1 Å². The number of carbonyl (C=O) groups is 1. The van der Waals surface area contributed by atoms with Gasteiger partial charge in [-0.2, -0.15) is 0 Å². The molecule has 2 atom stereocenters. The largest absolute Gasteiger partial charge is 0.492 e. The number of carboxylic acid groups (broad SMARTS) is 1. The van der Waals surface area contributed by atoms with E-state index in [0.29, 0.717) is 12.5 Å². The van der Waals surface area contributed by atoms with Gasteiger partial charge < -0.3 is 19.3 Å². The number of benzene rings is 2. The lowest BCUT2D eigenvalue weighted by molar-refractivity contribution is -0.137. The lowest BCUT2D eigenvalue weighted by atomic mass is 9.93. The van der Waals surface area contributed by atoms with Gasteiger partial charge in [-0.25, -0.2) is 4.98 Å². The average Bonchev–Trinajstić information content (AvgIpc) is 3.37. The van der Waals surface area contributed by atoms with Crippen LogP contribution in [-0.4, -0.2) is 29.8 Å². The van der Waals surface area contributed by atoms with Crippen LogP contribution in [0.5, 0.6) is 17.4 Å². The number of carboxylic acids is 1. The summed E-state index contributed by atoms with van der Waals surface area (Å²) in [6, 6.07) is 14.1. The zero-order chi connectivity index (χ0) is 23.1. The first-order valence-corrected chi connectivity index (χ1v) is 11.2. The third-order valence-electron chi connectivity index (χ3n) is 6.63. The van der Waals surface area contributed by atoms with Crippen LogP contribution in [0.3, 0.4) is 0 Å². The van der Waals surface area contributed by atoms with Gasteiger partial charge in [0.15, 0.2) is 0 Å². The zero-order valence-electron chi connectivity index (χ0n) is 19.1. The summed E-state index contributed by atoms with van der Waals surface area (Å²) in [4.78, 5) is 15.7. The quantitative estimate of drug-likeness (QED) is 0.548. The number of hydrogen-bond acceptors (Lipinski definition) is 5. The second kappa shape index (κ2) is 8.43. The minimum Gasteiger partial charge on any atom is -0.492 e. The van der Waals surface area contributed by atoms with Crippen LogP contribution in [0.2, 0.25) is 0 Å². The molecule has 1 aromatic heterocycles. The molecule has 1 aliphatic heterocycles. The number of aliphatic carboxylic acids is 1. The van der Waals surface area contributed by atoms with E-state index in [0.717, 1.165) is 46.7 Å². The molecule has 2 aliphatic rings. The minimum atomic E-state index is -0.812. The monoisotopic (exact) mass is 445 g/mol. The van der Waals surface area contributed by atoms with Crippen LogP contribution in [0.4, 0.5) is 0 Å². The van der Waals surface area contributed by atoms with Crippen molar-refractivity contribution in [3.05, 3.63) is 70.4 Å². The van der Waals surface area contributed by atoms with Crippen LogP contribution < -0.4 is 14.2 Å². The Hall–Kier alpha value is -3.54. The molecule has 5 rings (SSSR count). The number of rotatable bonds is 6. The summed E-state index contributed by atoms with van der Waals surface area (Å²) < 4.78 is 17.5. The first-order valence-electron chi connectivity index (χ1n) is 11.2. The Kier molecular flexibility index (Phi) is 5.44. The average molecular weight is 446 g/mol.